The van der Waals surface area contributed by atoms with Crippen LogP contribution in [0.1, 0.15) is 27.3 Å². The van der Waals surface area contributed by atoms with Crippen LogP contribution in [0.3, 0.4) is 0 Å². The standard InChI is InChI=1S/C16H17ClN4OS/c1-10-14(15(22)19-16-18-7-8-23-16)11(2)21(20-10)9-12-5-3-4-6-13(12)17/h3-6H,7-9H2,1-2H3,(H,18,19,22). The zero-order valence-electron chi connectivity index (χ0n) is 13.0. The molecule has 1 aromatic heterocycles. The minimum atomic E-state index is -0.154. The highest BCUT2D eigenvalue weighted by molar-refractivity contribution is 8.14. The summed E-state index contributed by atoms with van der Waals surface area (Å²) < 4.78 is 1.81. The van der Waals surface area contributed by atoms with Crippen LogP contribution in [-0.2, 0) is 6.54 Å². The van der Waals surface area contributed by atoms with Gasteiger partial charge in [0.2, 0.25) is 0 Å². The number of amidine groups is 1. The van der Waals surface area contributed by atoms with Crippen molar-refractivity contribution in [1.29, 1.82) is 0 Å². The highest BCUT2D eigenvalue weighted by Crippen LogP contribution is 2.20. The van der Waals surface area contributed by atoms with Crippen molar-refractivity contribution in [2.24, 2.45) is 4.99 Å². The number of benzene rings is 1. The molecule has 0 bridgehead atoms. The summed E-state index contributed by atoms with van der Waals surface area (Å²) in [4.78, 5) is 16.7. The summed E-state index contributed by atoms with van der Waals surface area (Å²) >= 11 is 7.77. The first kappa shape index (κ1) is 16.1. The summed E-state index contributed by atoms with van der Waals surface area (Å²) in [6.45, 7) is 5.03. The molecular weight excluding hydrogens is 332 g/mol. The summed E-state index contributed by atoms with van der Waals surface area (Å²) in [6.07, 6.45) is 0. The van der Waals surface area contributed by atoms with Crippen molar-refractivity contribution in [2.75, 3.05) is 12.3 Å². The van der Waals surface area contributed by atoms with E-state index in [2.05, 4.69) is 15.4 Å². The van der Waals surface area contributed by atoms with Gasteiger partial charge in [-0.05, 0) is 25.5 Å². The number of nitrogens with one attached hydrogen (secondary N) is 1. The number of hydrogen-bond acceptors (Lipinski definition) is 4. The fourth-order valence-electron chi connectivity index (χ4n) is 2.54. The maximum atomic E-state index is 12.5. The van der Waals surface area contributed by atoms with Gasteiger partial charge < -0.3 is 5.32 Å². The van der Waals surface area contributed by atoms with Crippen molar-refractivity contribution in [3.05, 3.63) is 51.8 Å². The third-order valence-electron chi connectivity index (χ3n) is 3.69. The third-order valence-corrected chi connectivity index (χ3v) is 4.95. The lowest BCUT2D eigenvalue weighted by molar-refractivity contribution is 0.0976. The highest BCUT2D eigenvalue weighted by atomic mass is 35.5. The first-order valence-corrected chi connectivity index (χ1v) is 8.68. The van der Waals surface area contributed by atoms with Gasteiger partial charge in [-0.3, -0.25) is 14.5 Å². The Morgan fingerprint density at radius 3 is 2.87 bits per heavy atom. The van der Waals surface area contributed by atoms with Gasteiger partial charge in [0.1, 0.15) is 0 Å². The molecule has 2 aromatic rings. The summed E-state index contributed by atoms with van der Waals surface area (Å²) in [5.41, 5.74) is 3.11. The van der Waals surface area contributed by atoms with E-state index in [1.54, 1.807) is 11.8 Å². The molecular formula is C16H17ClN4OS. The van der Waals surface area contributed by atoms with E-state index in [1.165, 1.54) is 0 Å². The SMILES string of the molecule is Cc1nn(Cc2ccccc2Cl)c(C)c1C(=O)NC1=NCCS1. The number of nitrogens with zero attached hydrogens (tertiary/aromatic N) is 3. The number of rotatable bonds is 3. The molecule has 3 rings (SSSR count). The fourth-order valence-corrected chi connectivity index (χ4v) is 3.46. The summed E-state index contributed by atoms with van der Waals surface area (Å²) in [5, 5.41) is 8.74. The van der Waals surface area contributed by atoms with E-state index in [9.17, 15) is 4.79 Å². The van der Waals surface area contributed by atoms with Crippen LogP contribution in [0.15, 0.2) is 29.3 Å². The molecule has 1 aliphatic heterocycles. The molecule has 0 unspecified atom stereocenters. The normalized spacial score (nSPS) is 14.0. The van der Waals surface area contributed by atoms with Crippen LogP contribution in [-0.4, -0.2) is 33.2 Å². The predicted octanol–water partition coefficient (Wildman–Crippen LogP) is 3.03. The Morgan fingerprint density at radius 2 is 2.17 bits per heavy atom. The topological polar surface area (TPSA) is 59.3 Å². The number of hydrogen-bond donors (Lipinski definition) is 1. The predicted molar refractivity (Wildman–Crippen MR) is 94.5 cm³/mol. The Kier molecular flexibility index (Phi) is 4.73. The van der Waals surface area contributed by atoms with Gasteiger partial charge in [0.05, 0.1) is 24.3 Å². The minimum absolute atomic E-state index is 0.154. The molecule has 2 heterocycles. The lowest BCUT2D eigenvalue weighted by atomic mass is 10.2. The Hall–Kier alpha value is -1.79. The van der Waals surface area contributed by atoms with Gasteiger partial charge in [-0.25, -0.2) is 0 Å². The van der Waals surface area contributed by atoms with Gasteiger partial charge >= 0.3 is 0 Å². The van der Waals surface area contributed by atoms with Gasteiger partial charge in [-0.15, -0.1) is 0 Å². The molecule has 0 atom stereocenters. The molecule has 1 amide bonds. The summed E-state index contributed by atoms with van der Waals surface area (Å²) in [5.74, 6) is 0.762. The molecule has 5 nitrogen and oxygen atoms in total. The molecule has 0 fully saturated rings. The maximum Gasteiger partial charge on any atom is 0.260 e. The van der Waals surface area contributed by atoms with Crippen molar-refractivity contribution in [2.45, 2.75) is 20.4 Å². The second-order valence-corrected chi connectivity index (χ2v) is 6.78. The molecule has 1 aromatic carbocycles. The Balaban J connectivity index is 1.84. The number of halogens is 1. The van der Waals surface area contributed by atoms with E-state index < -0.39 is 0 Å². The van der Waals surface area contributed by atoms with Crippen molar-refractivity contribution in [3.63, 3.8) is 0 Å². The van der Waals surface area contributed by atoms with Gasteiger partial charge in [-0.1, -0.05) is 41.6 Å². The van der Waals surface area contributed by atoms with Crippen LogP contribution >= 0.6 is 23.4 Å². The molecule has 0 spiro atoms. The van der Waals surface area contributed by atoms with E-state index in [0.717, 1.165) is 23.6 Å². The van der Waals surface area contributed by atoms with Gasteiger partial charge in [0, 0.05) is 16.5 Å². The second kappa shape index (κ2) is 6.76. The number of amides is 1. The summed E-state index contributed by atoms with van der Waals surface area (Å²) in [6, 6.07) is 7.65. The molecule has 0 aliphatic carbocycles. The average Bonchev–Trinajstić information content (AvgIpc) is 3.10. The van der Waals surface area contributed by atoms with E-state index in [0.29, 0.717) is 28.0 Å². The lowest BCUT2D eigenvalue weighted by Gasteiger charge is -2.07. The number of thioether (sulfide) groups is 1. The number of carbonyl (C=O) groups is 1. The molecule has 23 heavy (non-hydrogen) atoms. The van der Waals surface area contributed by atoms with E-state index >= 15 is 0 Å². The van der Waals surface area contributed by atoms with Crippen LogP contribution in [0.5, 0.6) is 0 Å². The molecule has 1 N–H and O–H groups in total. The van der Waals surface area contributed by atoms with Gasteiger partial charge in [0.25, 0.3) is 5.91 Å². The van der Waals surface area contributed by atoms with Crippen molar-refractivity contribution in [1.82, 2.24) is 15.1 Å². The Labute approximate surface area is 144 Å². The van der Waals surface area contributed by atoms with Crippen LogP contribution in [0.4, 0.5) is 0 Å². The Morgan fingerprint density at radius 1 is 1.39 bits per heavy atom. The Bertz CT molecular complexity index is 784. The van der Waals surface area contributed by atoms with Crippen molar-refractivity contribution < 1.29 is 4.79 Å². The van der Waals surface area contributed by atoms with Crippen molar-refractivity contribution in [3.8, 4) is 0 Å². The zero-order valence-corrected chi connectivity index (χ0v) is 14.5. The first-order valence-electron chi connectivity index (χ1n) is 7.32. The quantitative estimate of drug-likeness (QED) is 0.927. The van der Waals surface area contributed by atoms with E-state index in [1.807, 2.05) is 42.8 Å². The number of aryl methyl sites for hydroxylation is 1. The highest BCUT2D eigenvalue weighted by Gasteiger charge is 2.21. The molecule has 7 heteroatoms. The third kappa shape index (κ3) is 3.43. The average molecular weight is 349 g/mol. The zero-order chi connectivity index (χ0) is 16.4. The largest absolute Gasteiger partial charge is 0.301 e. The number of carbonyl (C=O) groups excluding carboxylic acids is 1. The maximum absolute atomic E-state index is 12.5. The summed E-state index contributed by atoms with van der Waals surface area (Å²) in [7, 11) is 0. The lowest BCUT2D eigenvalue weighted by Crippen LogP contribution is -2.28. The second-order valence-electron chi connectivity index (χ2n) is 5.28. The van der Waals surface area contributed by atoms with Crippen LogP contribution in [0, 0.1) is 13.8 Å². The number of aromatic nitrogens is 2. The number of aliphatic imine (C=N–C) groups is 1. The van der Waals surface area contributed by atoms with Crippen LogP contribution in [0.2, 0.25) is 5.02 Å². The fraction of sp³-hybridized carbons (Fsp3) is 0.312. The molecule has 120 valence electrons. The molecule has 0 saturated heterocycles. The minimum Gasteiger partial charge on any atom is -0.301 e. The van der Waals surface area contributed by atoms with Gasteiger partial charge in [-0.2, -0.15) is 5.10 Å². The molecule has 0 saturated carbocycles. The first-order chi connectivity index (χ1) is 11.1. The van der Waals surface area contributed by atoms with Gasteiger partial charge in [0.15, 0.2) is 5.17 Å². The van der Waals surface area contributed by atoms with Crippen LogP contribution in [0.25, 0.3) is 0 Å². The van der Waals surface area contributed by atoms with Crippen molar-refractivity contribution >= 4 is 34.4 Å². The van der Waals surface area contributed by atoms with Crippen LogP contribution < -0.4 is 5.32 Å². The smallest absolute Gasteiger partial charge is 0.260 e. The molecule has 1 aliphatic rings. The van der Waals surface area contributed by atoms with E-state index in [4.69, 9.17) is 11.6 Å². The van der Waals surface area contributed by atoms with E-state index in [-0.39, 0.29) is 5.91 Å². The molecule has 0 radical (unpaired) electrons. The monoisotopic (exact) mass is 348 g/mol.